The lowest BCUT2D eigenvalue weighted by molar-refractivity contribution is 0.318. The molecule has 0 saturated carbocycles. The number of nitrogens with one attached hydrogen (secondary N) is 3. The van der Waals surface area contributed by atoms with Crippen LogP contribution in [0.1, 0.15) is 40.9 Å². The van der Waals surface area contributed by atoms with Crippen LogP contribution in [-0.2, 0) is 0 Å². The van der Waals surface area contributed by atoms with Gasteiger partial charge in [-0.15, -0.1) is 0 Å². The van der Waals surface area contributed by atoms with Gasteiger partial charge in [-0.2, -0.15) is 0 Å². The molecular formula is C27H27ClN6O3. The predicted octanol–water partition coefficient (Wildman–Crippen LogP) is 5.43. The van der Waals surface area contributed by atoms with Crippen molar-refractivity contribution in [1.82, 2.24) is 4.98 Å². The number of rotatable bonds is 7. The van der Waals surface area contributed by atoms with Gasteiger partial charge in [0, 0.05) is 41.2 Å². The minimum Gasteiger partial charge on any atom is -0.455 e. The molecule has 0 aliphatic rings. The van der Waals surface area contributed by atoms with E-state index in [1.807, 2.05) is 44.2 Å². The van der Waals surface area contributed by atoms with E-state index in [9.17, 15) is 10.0 Å². The molecule has 0 spiro atoms. The van der Waals surface area contributed by atoms with Crippen LogP contribution >= 0.6 is 11.6 Å². The van der Waals surface area contributed by atoms with E-state index in [2.05, 4.69) is 20.8 Å². The molecule has 37 heavy (non-hydrogen) atoms. The number of benzene rings is 2. The highest BCUT2D eigenvalue weighted by molar-refractivity contribution is 6.29. The van der Waals surface area contributed by atoms with Gasteiger partial charge in [0.25, 0.3) is 0 Å². The van der Waals surface area contributed by atoms with Gasteiger partial charge in [-0.25, -0.2) is 4.98 Å². The van der Waals surface area contributed by atoms with Crippen molar-refractivity contribution in [3.63, 3.8) is 0 Å². The number of nitrogens with zero attached hydrogens (tertiary/aromatic N) is 2. The summed E-state index contributed by atoms with van der Waals surface area (Å²) in [4.78, 5) is 17.7. The van der Waals surface area contributed by atoms with Crippen molar-refractivity contribution in [2.45, 2.75) is 26.8 Å². The zero-order valence-corrected chi connectivity index (χ0v) is 21.6. The first-order valence-corrected chi connectivity index (χ1v) is 11.9. The highest BCUT2D eigenvalue weighted by Crippen LogP contribution is 2.33. The zero-order valence-electron chi connectivity index (χ0n) is 20.8. The number of aromatic nitrogens is 1. The molecule has 2 aromatic heterocycles. The average Bonchev–Trinajstić information content (AvgIpc) is 2.90. The van der Waals surface area contributed by atoms with E-state index in [1.165, 1.54) is 6.21 Å². The molecule has 6 N–H and O–H groups in total. The SMILES string of the molecule is CNc1ccc(-c2oc3c(C(C)Nc4ccc(Cl)nc4/C(N)=N/O)cc(C)cc3c(=O)c2C)cc1C=N. The average molecular weight is 519 g/mol. The number of anilines is 2. The maximum Gasteiger partial charge on any atom is 0.196 e. The summed E-state index contributed by atoms with van der Waals surface area (Å²) in [5, 5.41) is 27.0. The first-order chi connectivity index (χ1) is 17.7. The topological polar surface area (TPSA) is 150 Å². The second kappa shape index (κ2) is 10.3. The van der Waals surface area contributed by atoms with E-state index in [4.69, 9.17) is 27.2 Å². The summed E-state index contributed by atoms with van der Waals surface area (Å²) in [5.41, 5.74) is 11.1. The van der Waals surface area contributed by atoms with Gasteiger partial charge in [-0.1, -0.05) is 22.8 Å². The molecule has 0 aliphatic heterocycles. The fourth-order valence-corrected chi connectivity index (χ4v) is 4.47. The standard InChI is InChI=1S/C27H27ClN6O3/c1-13-9-18(15(3)32-21-7-8-22(28)33-23(21)27(30)34-36)26-19(10-13)24(35)14(2)25(37-26)16-5-6-20(31-4)17(11-16)12-29/h5-12,15,29,31-32,36H,1-4H3,(H2,30,34). The molecule has 4 aromatic rings. The van der Waals surface area contributed by atoms with Crippen molar-refractivity contribution in [2.75, 3.05) is 17.7 Å². The number of oxime groups is 1. The van der Waals surface area contributed by atoms with Crippen LogP contribution in [0.15, 0.2) is 56.8 Å². The normalized spacial score (nSPS) is 12.4. The Kier molecular flexibility index (Phi) is 7.17. The van der Waals surface area contributed by atoms with Crippen LogP contribution < -0.4 is 21.8 Å². The van der Waals surface area contributed by atoms with Gasteiger partial charge >= 0.3 is 0 Å². The van der Waals surface area contributed by atoms with E-state index < -0.39 is 0 Å². The predicted molar refractivity (Wildman–Crippen MR) is 149 cm³/mol. The van der Waals surface area contributed by atoms with Crippen molar-refractivity contribution in [3.8, 4) is 11.3 Å². The van der Waals surface area contributed by atoms with Crippen molar-refractivity contribution in [1.29, 1.82) is 5.41 Å². The van der Waals surface area contributed by atoms with Crippen LogP contribution in [0.2, 0.25) is 5.15 Å². The van der Waals surface area contributed by atoms with Crippen molar-refractivity contribution >= 4 is 46.0 Å². The molecule has 4 rings (SSSR count). The summed E-state index contributed by atoms with van der Waals surface area (Å²) in [6, 6.07) is 12.2. The molecule has 0 radical (unpaired) electrons. The lowest BCUT2D eigenvalue weighted by Crippen LogP contribution is -2.19. The van der Waals surface area contributed by atoms with Crippen LogP contribution in [-0.4, -0.2) is 29.3 Å². The highest BCUT2D eigenvalue weighted by atomic mass is 35.5. The van der Waals surface area contributed by atoms with Gasteiger partial charge in [0.05, 0.1) is 17.1 Å². The summed E-state index contributed by atoms with van der Waals surface area (Å²) >= 11 is 6.02. The van der Waals surface area contributed by atoms with Crippen molar-refractivity contribution < 1.29 is 9.62 Å². The number of pyridine rings is 1. The van der Waals surface area contributed by atoms with Crippen molar-refractivity contribution in [3.05, 3.63) is 85.8 Å². The fourth-order valence-electron chi connectivity index (χ4n) is 4.32. The van der Waals surface area contributed by atoms with Gasteiger partial charge in [0.2, 0.25) is 0 Å². The van der Waals surface area contributed by atoms with Crippen LogP contribution in [0.4, 0.5) is 11.4 Å². The summed E-state index contributed by atoms with van der Waals surface area (Å²) in [6.07, 6.45) is 1.25. The number of nitrogens with two attached hydrogens (primary N) is 1. The summed E-state index contributed by atoms with van der Waals surface area (Å²) in [5.74, 6) is 0.244. The highest BCUT2D eigenvalue weighted by Gasteiger charge is 2.21. The van der Waals surface area contributed by atoms with Crippen molar-refractivity contribution in [2.24, 2.45) is 10.9 Å². The minimum atomic E-state index is -0.363. The lowest BCUT2D eigenvalue weighted by atomic mass is 9.98. The van der Waals surface area contributed by atoms with Crippen LogP contribution in [0.25, 0.3) is 22.3 Å². The van der Waals surface area contributed by atoms with Gasteiger partial charge in [-0.05, 0) is 62.7 Å². The molecule has 2 heterocycles. The molecule has 10 heteroatoms. The molecule has 1 atom stereocenters. The monoisotopic (exact) mass is 518 g/mol. The van der Waals surface area contributed by atoms with Gasteiger partial charge in [0.15, 0.2) is 11.3 Å². The molecule has 0 aliphatic carbocycles. The molecule has 0 bridgehead atoms. The third-order valence-corrected chi connectivity index (χ3v) is 6.39. The minimum absolute atomic E-state index is 0.131. The van der Waals surface area contributed by atoms with Gasteiger partial charge < -0.3 is 31.4 Å². The maximum absolute atomic E-state index is 13.5. The van der Waals surface area contributed by atoms with E-state index >= 15 is 0 Å². The Morgan fingerprint density at radius 2 is 1.95 bits per heavy atom. The molecule has 0 fully saturated rings. The summed E-state index contributed by atoms with van der Waals surface area (Å²) < 4.78 is 6.43. The van der Waals surface area contributed by atoms with E-state index in [0.717, 1.165) is 16.8 Å². The third kappa shape index (κ3) is 4.85. The summed E-state index contributed by atoms with van der Waals surface area (Å²) in [6.45, 7) is 5.56. The largest absolute Gasteiger partial charge is 0.455 e. The first kappa shape index (κ1) is 25.7. The molecule has 2 aromatic carbocycles. The number of amidine groups is 1. The Balaban J connectivity index is 1.89. The molecular weight excluding hydrogens is 492 g/mol. The van der Waals surface area contributed by atoms with Crippen LogP contribution in [0.3, 0.4) is 0 Å². The molecule has 1 unspecified atom stereocenters. The maximum atomic E-state index is 13.5. The van der Waals surface area contributed by atoms with Gasteiger partial charge in [0.1, 0.15) is 22.2 Å². The number of hydrogen-bond acceptors (Lipinski definition) is 8. The van der Waals surface area contributed by atoms with Gasteiger partial charge in [-0.3, -0.25) is 4.79 Å². The van der Waals surface area contributed by atoms with E-state index in [0.29, 0.717) is 39.1 Å². The third-order valence-electron chi connectivity index (χ3n) is 6.18. The van der Waals surface area contributed by atoms with Crippen LogP contribution in [0.5, 0.6) is 0 Å². The number of halogens is 1. The molecule has 190 valence electrons. The summed E-state index contributed by atoms with van der Waals surface area (Å²) in [7, 11) is 1.79. The number of fused-ring (bicyclic) bond motifs is 1. The molecule has 9 nitrogen and oxygen atoms in total. The second-order valence-corrected chi connectivity index (χ2v) is 9.08. The molecule has 0 saturated heterocycles. The lowest BCUT2D eigenvalue weighted by Gasteiger charge is -2.20. The zero-order chi connectivity index (χ0) is 26.9. The van der Waals surface area contributed by atoms with Crippen LogP contribution in [0, 0.1) is 19.3 Å². The van der Waals surface area contributed by atoms with E-state index in [-0.39, 0.29) is 28.2 Å². The first-order valence-electron chi connectivity index (χ1n) is 11.5. The smallest absolute Gasteiger partial charge is 0.196 e. The fraction of sp³-hybridized carbons (Fsp3) is 0.185. The Morgan fingerprint density at radius 3 is 2.62 bits per heavy atom. The molecule has 0 amide bonds. The Hall–Kier alpha value is -4.37. The Bertz CT molecular complexity index is 1610. The number of hydrogen-bond donors (Lipinski definition) is 5. The Morgan fingerprint density at radius 1 is 1.22 bits per heavy atom. The number of aryl methyl sites for hydroxylation is 1. The van der Waals surface area contributed by atoms with E-state index in [1.54, 1.807) is 26.1 Å². The Labute approximate surface area is 218 Å². The quantitative estimate of drug-likeness (QED) is 0.0719. The second-order valence-electron chi connectivity index (χ2n) is 8.69.